The molecule has 2 fully saturated rings. The lowest BCUT2D eigenvalue weighted by Crippen LogP contribution is -3.14. The summed E-state index contributed by atoms with van der Waals surface area (Å²) in [5.74, 6) is 2.99. The first-order valence-electron chi connectivity index (χ1n) is 9.59. The molecule has 2 rings (SSSR count). The monoisotopic (exact) mass is 312 g/mol. The zero-order chi connectivity index (χ0) is 16.1. The van der Waals surface area contributed by atoms with Crippen LogP contribution in [0.15, 0.2) is 0 Å². The van der Waals surface area contributed by atoms with Crippen LogP contribution in [-0.4, -0.2) is 43.6 Å². The van der Waals surface area contributed by atoms with Gasteiger partial charge in [-0.05, 0) is 49.4 Å². The summed E-state index contributed by atoms with van der Waals surface area (Å²) in [6, 6.07) is 0. The Balaban J connectivity index is 1.73. The van der Waals surface area contributed by atoms with Gasteiger partial charge >= 0.3 is 0 Å². The molecule has 2 N–H and O–H groups in total. The molecule has 4 atom stereocenters. The van der Waals surface area contributed by atoms with Gasteiger partial charge in [-0.3, -0.25) is 0 Å². The highest BCUT2D eigenvalue weighted by Crippen LogP contribution is 2.35. The summed E-state index contributed by atoms with van der Waals surface area (Å²) < 4.78 is 6.19. The number of quaternary nitrogens is 1. The van der Waals surface area contributed by atoms with Crippen molar-refractivity contribution >= 4 is 0 Å². The van der Waals surface area contributed by atoms with Gasteiger partial charge in [-0.1, -0.05) is 34.1 Å². The second-order valence-electron chi connectivity index (χ2n) is 8.49. The van der Waals surface area contributed by atoms with Crippen LogP contribution in [0.25, 0.3) is 0 Å². The molecule has 0 unspecified atom stereocenters. The van der Waals surface area contributed by atoms with E-state index in [1.54, 1.807) is 4.90 Å². The van der Waals surface area contributed by atoms with Crippen LogP contribution in [-0.2, 0) is 4.74 Å². The van der Waals surface area contributed by atoms with Crippen molar-refractivity contribution in [3.63, 3.8) is 0 Å². The van der Waals surface area contributed by atoms with Crippen LogP contribution in [0.3, 0.4) is 0 Å². The second kappa shape index (κ2) is 8.65. The lowest BCUT2D eigenvalue weighted by Gasteiger charge is -2.37. The molecule has 0 aromatic carbocycles. The Morgan fingerprint density at radius 1 is 1.05 bits per heavy atom. The zero-order valence-corrected chi connectivity index (χ0v) is 15.2. The van der Waals surface area contributed by atoms with Crippen LogP contribution in [0, 0.1) is 23.7 Å². The van der Waals surface area contributed by atoms with E-state index in [2.05, 4.69) is 27.7 Å². The van der Waals surface area contributed by atoms with Gasteiger partial charge in [0, 0.05) is 0 Å². The number of hydrogen-bond donors (Lipinski definition) is 2. The molecule has 1 aliphatic heterocycles. The first kappa shape index (κ1) is 18.2. The van der Waals surface area contributed by atoms with Crippen LogP contribution in [0.1, 0.15) is 59.8 Å². The number of ether oxygens (including phenoxy) is 1. The van der Waals surface area contributed by atoms with Gasteiger partial charge in [-0.2, -0.15) is 0 Å². The zero-order valence-electron chi connectivity index (χ0n) is 15.2. The van der Waals surface area contributed by atoms with Crippen LogP contribution < -0.4 is 4.90 Å². The van der Waals surface area contributed by atoms with E-state index in [4.69, 9.17) is 4.74 Å². The molecule has 3 heteroatoms. The average molecular weight is 313 g/mol. The van der Waals surface area contributed by atoms with Crippen LogP contribution in [0.5, 0.6) is 0 Å². The van der Waals surface area contributed by atoms with Gasteiger partial charge in [0.15, 0.2) is 0 Å². The van der Waals surface area contributed by atoms with Crippen molar-refractivity contribution < 1.29 is 14.7 Å². The molecule has 0 amide bonds. The minimum absolute atomic E-state index is 0.298. The maximum atomic E-state index is 10.3. The number of aliphatic hydroxyl groups excluding tert-OH is 1. The minimum Gasteiger partial charge on any atom is -0.385 e. The van der Waals surface area contributed by atoms with Crippen molar-refractivity contribution in [3.05, 3.63) is 0 Å². The molecule has 1 aliphatic carbocycles. The van der Waals surface area contributed by atoms with Crippen LogP contribution in [0.2, 0.25) is 0 Å². The van der Waals surface area contributed by atoms with Crippen molar-refractivity contribution in [2.24, 2.45) is 23.7 Å². The van der Waals surface area contributed by atoms with E-state index in [0.717, 1.165) is 18.4 Å². The van der Waals surface area contributed by atoms with Gasteiger partial charge < -0.3 is 14.7 Å². The Morgan fingerprint density at radius 3 is 2.36 bits per heavy atom. The highest BCUT2D eigenvalue weighted by Gasteiger charge is 2.32. The molecule has 1 saturated heterocycles. The minimum atomic E-state index is -0.298. The SMILES string of the molecule is CC1CC[NH+](C[C@H](O)CO[C@H]2C[C@H](C)CC[C@@H]2C(C)C)CC1. The third-order valence-electron chi connectivity index (χ3n) is 5.97. The van der Waals surface area contributed by atoms with Crippen molar-refractivity contribution in [2.45, 2.75) is 72.0 Å². The Morgan fingerprint density at radius 2 is 1.73 bits per heavy atom. The molecule has 0 spiro atoms. The van der Waals surface area contributed by atoms with Crippen LogP contribution >= 0.6 is 0 Å². The number of hydrogen-bond acceptors (Lipinski definition) is 2. The summed E-state index contributed by atoms with van der Waals surface area (Å²) >= 11 is 0. The van der Waals surface area contributed by atoms with E-state index in [9.17, 15) is 5.11 Å². The van der Waals surface area contributed by atoms with Crippen molar-refractivity contribution in [1.29, 1.82) is 0 Å². The maximum Gasteiger partial charge on any atom is 0.126 e. The van der Waals surface area contributed by atoms with E-state index in [-0.39, 0.29) is 6.10 Å². The first-order valence-corrected chi connectivity index (χ1v) is 9.59. The fourth-order valence-corrected chi connectivity index (χ4v) is 4.31. The van der Waals surface area contributed by atoms with Crippen LogP contribution in [0.4, 0.5) is 0 Å². The van der Waals surface area contributed by atoms with Crippen molar-refractivity contribution in [3.8, 4) is 0 Å². The van der Waals surface area contributed by atoms with E-state index in [1.165, 1.54) is 45.2 Å². The maximum absolute atomic E-state index is 10.3. The van der Waals surface area contributed by atoms with E-state index in [0.29, 0.717) is 24.5 Å². The van der Waals surface area contributed by atoms with E-state index in [1.807, 2.05) is 0 Å². The lowest BCUT2D eigenvalue weighted by molar-refractivity contribution is -0.909. The predicted molar refractivity (Wildman–Crippen MR) is 91.1 cm³/mol. The van der Waals surface area contributed by atoms with Crippen molar-refractivity contribution in [1.82, 2.24) is 0 Å². The van der Waals surface area contributed by atoms with Gasteiger partial charge in [-0.15, -0.1) is 0 Å². The highest BCUT2D eigenvalue weighted by atomic mass is 16.5. The Bertz CT molecular complexity index is 313. The highest BCUT2D eigenvalue weighted by molar-refractivity contribution is 4.81. The summed E-state index contributed by atoms with van der Waals surface area (Å²) in [5, 5.41) is 10.3. The smallest absolute Gasteiger partial charge is 0.126 e. The Labute approximate surface area is 137 Å². The molecule has 0 bridgehead atoms. The van der Waals surface area contributed by atoms with Gasteiger partial charge in [-0.25, -0.2) is 0 Å². The quantitative estimate of drug-likeness (QED) is 0.788. The fourth-order valence-electron chi connectivity index (χ4n) is 4.31. The van der Waals surface area contributed by atoms with Gasteiger partial charge in [0.1, 0.15) is 12.6 Å². The Hall–Kier alpha value is -0.120. The topological polar surface area (TPSA) is 33.9 Å². The molecule has 3 nitrogen and oxygen atoms in total. The Kier molecular flexibility index (Phi) is 7.17. The van der Waals surface area contributed by atoms with Gasteiger partial charge in [0.25, 0.3) is 0 Å². The average Bonchev–Trinajstić information content (AvgIpc) is 2.47. The standard InChI is InChI=1S/C19H37NO2/c1-14(2)18-6-5-16(4)11-19(18)22-13-17(21)12-20-9-7-15(3)8-10-20/h14-19,21H,5-13H2,1-4H3/p+1/t16-,17+,18-,19+/m1/s1. The predicted octanol–water partition coefficient (Wildman–Crippen LogP) is 2.14. The first-order chi connectivity index (χ1) is 10.5. The van der Waals surface area contributed by atoms with E-state index >= 15 is 0 Å². The third-order valence-corrected chi connectivity index (χ3v) is 5.97. The number of likely N-dealkylation sites (tertiary alicyclic amines) is 1. The second-order valence-corrected chi connectivity index (χ2v) is 8.49. The molecule has 22 heavy (non-hydrogen) atoms. The largest absolute Gasteiger partial charge is 0.385 e. The summed E-state index contributed by atoms with van der Waals surface area (Å²) in [4.78, 5) is 1.56. The van der Waals surface area contributed by atoms with Crippen molar-refractivity contribution in [2.75, 3.05) is 26.2 Å². The third kappa shape index (κ3) is 5.50. The summed E-state index contributed by atoms with van der Waals surface area (Å²) in [6.07, 6.45) is 6.46. The van der Waals surface area contributed by atoms with Gasteiger partial charge in [0.2, 0.25) is 0 Å². The molecule has 0 aromatic heterocycles. The number of rotatable bonds is 6. The molecular weight excluding hydrogens is 274 g/mol. The lowest BCUT2D eigenvalue weighted by atomic mass is 9.75. The van der Waals surface area contributed by atoms with Gasteiger partial charge in [0.05, 0.1) is 25.8 Å². The number of nitrogens with one attached hydrogen (secondary N) is 1. The number of piperidine rings is 1. The fraction of sp³-hybridized carbons (Fsp3) is 1.00. The summed E-state index contributed by atoms with van der Waals surface area (Å²) in [7, 11) is 0. The van der Waals surface area contributed by atoms with E-state index < -0.39 is 0 Å². The molecule has 0 radical (unpaired) electrons. The molecule has 1 saturated carbocycles. The molecule has 1 heterocycles. The summed E-state index contributed by atoms with van der Waals surface area (Å²) in [5.41, 5.74) is 0. The molecule has 130 valence electrons. The number of aliphatic hydroxyl groups is 1. The summed E-state index contributed by atoms with van der Waals surface area (Å²) in [6.45, 7) is 13.1. The normalized spacial score (nSPS) is 38.2. The molecule has 2 aliphatic rings. The molecular formula is C19H38NO2+. The molecule has 0 aromatic rings.